The van der Waals surface area contributed by atoms with E-state index in [2.05, 4.69) is 60.3 Å². The van der Waals surface area contributed by atoms with Gasteiger partial charge in [-0.05, 0) is 0 Å². The minimum atomic E-state index is -0.709. The number of nitrogens with zero attached hydrogens (tertiary/aromatic N) is 4. The topological polar surface area (TPSA) is 58.4 Å². The zero-order valence-electron chi connectivity index (χ0n) is 25.8. The van der Waals surface area contributed by atoms with Crippen LogP contribution in [0.15, 0.2) is 42.5 Å². The number of aryl methyl sites for hydroxylation is 1. The molecule has 0 aliphatic carbocycles. The van der Waals surface area contributed by atoms with Gasteiger partial charge in [-0.3, -0.25) is 0 Å². The fourth-order valence-corrected chi connectivity index (χ4v) is 7.84. The third-order valence-corrected chi connectivity index (χ3v) is 10.7. The van der Waals surface area contributed by atoms with Crippen molar-refractivity contribution in [1.82, 2.24) is 19.4 Å². The van der Waals surface area contributed by atoms with Gasteiger partial charge in [0.25, 0.3) is 0 Å². The van der Waals surface area contributed by atoms with Crippen LogP contribution in [0.4, 0.5) is 0 Å². The first kappa shape index (κ1) is 31.5. The Hall–Kier alpha value is -2.43. The van der Waals surface area contributed by atoms with E-state index in [4.69, 9.17) is 4.98 Å². The average Bonchev–Trinajstić information content (AvgIpc) is 3.29. The number of ketones is 1. The van der Waals surface area contributed by atoms with E-state index in [-0.39, 0.29) is 11.7 Å². The van der Waals surface area contributed by atoms with E-state index in [9.17, 15) is 9.59 Å². The van der Waals surface area contributed by atoms with Crippen molar-refractivity contribution in [1.29, 1.82) is 0 Å². The molecule has 222 valence electrons. The predicted octanol–water partition coefficient (Wildman–Crippen LogP) is 5.04. The van der Waals surface area contributed by atoms with Crippen molar-refractivity contribution in [3.8, 4) is 0 Å². The molecule has 1 unspecified atom stereocenters. The number of benzene rings is 2. The van der Waals surface area contributed by atoms with Crippen molar-refractivity contribution in [3.63, 3.8) is 0 Å². The van der Waals surface area contributed by atoms with Gasteiger partial charge in [-0.15, -0.1) is 0 Å². The maximum atomic E-state index is 13.8. The van der Waals surface area contributed by atoms with Crippen molar-refractivity contribution in [2.24, 2.45) is 11.8 Å². The van der Waals surface area contributed by atoms with Crippen LogP contribution < -0.4 is 8.96 Å². The van der Waals surface area contributed by atoms with Gasteiger partial charge in [0.1, 0.15) is 0 Å². The Morgan fingerprint density at radius 2 is 1.51 bits per heavy atom. The zero-order chi connectivity index (χ0) is 29.4. The summed E-state index contributed by atoms with van der Waals surface area (Å²) in [5.74, 6) is 1.34. The Morgan fingerprint density at radius 1 is 0.878 bits per heavy atom. The molecule has 1 amide bonds. The van der Waals surface area contributed by atoms with E-state index < -0.39 is 15.8 Å². The number of carbonyl (C=O) groups excluding carboxylic acids is 2. The molecule has 0 spiro atoms. The summed E-state index contributed by atoms with van der Waals surface area (Å²) < 4.78 is 4.78. The monoisotopic (exact) mass is 620 g/mol. The number of piperidine rings is 1. The summed E-state index contributed by atoms with van der Waals surface area (Å²) in [6.07, 6.45) is 7.05. The molecule has 2 aromatic carbocycles. The first-order valence-electron chi connectivity index (χ1n) is 15.6. The van der Waals surface area contributed by atoms with Crippen LogP contribution in [0, 0.1) is 11.8 Å². The molecule has 0 N–H and O–H groups in total. The molecule has 1 saturated heterocycles. The van der Waals surface area contributed by atoms with Gasteiger partial charge in [0.15, 0.2) is 0 Å². The minimum absolute atomic E-state index is 0.0922. The molecule has 1 aliphatic rings. The first-order valence-corrected chi connectivity index (χ1v) is 17.7. The Balaban J connectivity index is 1.62. The van der Waals surface area contributed by atoms with Crippen LogP contribution in [-0.2, 0) is 6.54 Å². The molecule has 6 nitrogen and oxygen atoms in total. The van der Waals surface area contributed by atoms with Gasteiger partial charge in [-0.2, -0.15) is 0 Å². The number of aromatic nitrogens is 2. The molecule has 1 fully saturated rings. The van der Waals surface area contributed by atoms with Gasteiger partial charge in [-0.25, -0.2) is 0 Å². The second kappa shape index (κ2) is 15.2. The number of likely N-dealkylation sites (tertiary alicyclic amines) is 1. The summed E-state index contributed by atoms with van der Waals surface area (Å²) in [5, 5.41) is 0. The van der Waals surface area contributed by atoms with Gasteiger partial charge < -0.3 is 0 Å². The molecule has 0 saturated carbocycles. The van der Waals surface area contributed by atoms with Gasteiger partial charge in [0, 0.05) is 0 Å². The van der Waals surface area contributed by atoms with Gasteiger partial charge in [0.05, 0.1) is 0 Å². The summed E-state index contributed by atoms with van der Waals surface area (Å²) >= 11 is -0.709. The number of hydrogen-bond donors (Lipinski definition) is 0. The van der Waals surface area contributed by atoms with E-state index in [1.165, 1.54) is 36.7 Å². The van der Waals surface area contributed by atoms with Crippen LogP contribution in [0.2, 0.25) is 0 Å². The molecule has 1 aliphatic heterocycles. The zero-order valence-corrected chi connectivity index (χ0v) is 27.9. The van der Waals surface area contributed by atoms with Crippen LogP contribution in [0.3, 0.4) is 0 Å². The van der Waals surface area contributed by atoms with Crippen molar-refractivity contribution < 1.29 is 9.59 Å². The number of carbonyl (C=O) groups is 2. The number of rotatable bonds is 14. The van der Waals surface area contributed by atoms with Crippen molar-refractivity contribution in [2.75, 3.05) is 32.7 Å². The quantitative estimate of drug-likeness (QED) is 0.187. The van der Waals surface area contributed by atoms with Crippen LogP contribution in [-0.4, -0.2) is 79.5 Å². The van der Waals surface area contributed by atoms with E-state index in [0.29, 0.717) is 11.8 Å². The van der Waals surface area contributed by atoms with Crippen molar-refractivity contribution in [3.05, 3.63) is 53.6 Å². The summed E-state index contributed by atoms with van der Waals surface area (Å²) in [5.41, 5.74) is 3.55. The Morgan fingerprint density at radius 3 is 2.12 bits per heavy atom. The van der Waals surface area contributed by atoms with Crippen LogP contribution in [0.5, 0.6) is 0 Å². The molecular weight excluding hydrogens is 571 g/mol. The fraction of sp³-hybridized carbons (Fsp3) is 0.559. The Bertz CT molecular complexity index is 1280. The maximum absolute atomic E-state index is 13.8. The molecule has 2 heterocycles. The predicted molar refractivity (Wildman–Crippen MR) is 172 cm³/mol. The van der Waals surface area contributed by atoms with Gasteiger partial charge >= 0.3 is 254 Å². The van der Waals surface area contributed by atoms with E-state index >= 15 is 0 Å². The van der Waals surface area contributed by atoms with Gasteiger partial charge in [-0.1, -0.05) is 0 Å². The molecule has 1 aromatic heterocycles. The number of amides is 1. The van der Waals surface area contributed by atoms with E-state index in [1.807, 2.05) is 24.3 Å². The van der Waals surface area contributed by atoms with Crippen LogP contribution >= 0.6 is 0 Å². The number of hydrogen-bond acceptors (Lipinski definition) is 4. The number of imidazole rings is 1. The normalized spacial score (nSPS) is 14.6. The Labute approximate surface area is 253 Å². The third kappa shape index (κ3) is 9.03. The fourth-order valence-electron chi connectivity index (χ4n) is 5.46. The van der Waals surface area contributed by atoms with Crippen LogP contribution in [0.25, 0.3) is 11.0 Å². The summed E-state index contributed by atoms with van der Waals surface area (Å²) in [4.78, 5) is 35.3. The molecule has 1 atom stereocenters. The van der Waals surface area contributed by atoms with Crippen molar-refractivity contribution >= 4 is 47.4 Å². The first-order chi connectivity index (χ1) is 19.7. The molecule has 4 rings (SSSR count). The second-order valence-electron chi connectivity index (χ2n) is 12.5. The SMILES string of the molecule is CC(=O)c1ccc([AsH]c2nc3ccc(C(=O)N(CCC(C)C)CCC(C)C)cc3n2CCCN2CCCCC2)cc1. The number of Topliss-reactive ketones (excluding diaryl/α,β-unsaturated/α-hetero) is 1. The molecule has 41 heavy (non-hydrogen) atoms. The van der Waals surface area contributed by atoms with Gasteiger partial charge in [0.2, 0.25) is 0 Å². The molecule has 3 aromatic rings. The molecule has 0 radical (unpaired) electrons. The summed E-state index contributed by atoms with van der Waals surface area (Å²) in [7, 11) is 0. The second-order valence-corrected chi connectivity index (χ2v) is 15.1. The summed E-state index contributed by atoms with van der Waals surface area (Å²) in [6.45, 7) is 16.5. The Kier molecular flexibility index (Phi) is 11.6. The van der Waals surface area contributed by atoms with Crippen molar-refractivity contribution in [2.45, 2.75) is 79.7 Å². The average molecular weight is 621 g/mol. The molecular formula is C34H49AsN4O2. The molecule has 7 heteroatoms. The third-order valence-electron chi connectivity index (χ3n) is 8.09. The summed E-state index contributed by atoms with van der Waals surface area (Å²) in [6, 6.07) is 14.2. The van der Waals surface area contributed by atoms with E-state index in [1.54, 1.807) is 6.92 Å². The van der Waals surface area contributed by atoms with E-state index in [0.717, 1.165) is 72.2 Å². The number of fused-ring (bicyclic) bond motifs is 1. The standard InChI is InChI=1S/C34H49AsN4O2/c1-25(2)16-22-38(23-17-26(3)4)33(41)29-12-15-31-32(24-29)39(21-9-20-37-18-7-6-8-19-37)34(36-31)35-30-13-10-28(11-14-30)27(5)40/h10-15,24-26,35H,6-9,16-23H2,1-5H3. The van der Waals surface area contributed by atoms with Crippen LogP contribution in [0.1, 0.15) is 93.9 Å². The molecule has 0 bridgehead atoms.